The van der Waals surface area contributed by atoms with Gasteiger partial charge in [0, 0.05) is 24.6 Å². The zero-order valence-electron chi connectivity index (χ0n) is 13.7. The highest BCUT2D eigenvalue weighted by atomic mass is 16.2. The van der Waals surface area contributed by atoms with Crippen molar-refractivity contribution in [2.45, 2.75) is 26.2 Å². The Hall–Kier alpha value is -1.88. The number of benzene rings is 1. The summed E-state index contributed by atoms with van der Waals surface area (Å²) in [6.45, 7) is 4.98. The zero-order chi connectivity index (χ0) is 16.3. The molecule has 1 atom stereocenters. The molecule has 2 fully saturated rings. The van der Waals surface area contributed by atoms with E-state index in [0.717, 1.165) is 37.9 Å². The lowest BCUT2D eigenvalue weighted by Gasteiger charge is -2.23. The van der Waals surface area contributed by atoms with Gasteiger partial charge in [-0.15, -0.1) is 0 Å². The molecule has 1 aromatic rings. The van der Waals surface area contributed by atoms with E-state index < -0.39 is 0 Å². The fraction of sp³-hybridized carbons (Fsp3) is 0.556. The highest BCUT2D eigenvalue weighted by Crippen LogP contribution is 2.58. The van der Waals surface area contributed by atoms with Crippen LogP contribution in [0.3, 0.4) is 0 Å². The van der Waals surface area contributed by atoms with E-state index in [0.29, 0.717) is 18.7 Å². The second-order valence-electron chi connectivity index (χ2n) is 6.78. The van der Waals surface area contributed by atoms with Crippen molar-refractivity contribution >= 4 is 11.8 Å². The number of piperidine rings is 1. The molecule has 2 amide bonds. The normalized spacial score (nSPS) is 21.7. The molecule has 0 bridgehead atoms. The maximum Gasteiger partial charge on any atom is 0.251 e. The number of nitrogens with one attached hydrogen (secondary N) is 3. The van der Waals surface area contributed by atoms with Gasteiger partial charge in [-0.25, -0.2) is 0 Å². The van der Waals surface area contributed by atoms with Gasteiger partial charge in [-0.1, -0.05) is 17.7 Å². The third kappa shape index (κ3) is 3.72. The first-order chi connectivity index (χ1) is 11.1. The van der Waals surface area contributed by atoms with Crippen LogP contribution >= 0.6 is 0 Å². The largest absolute Gasteiger partial charge is 0.354 e. The summed E-state index contributed by atoms with van der Waals surface area (Å²) in [5.74, 6) is 0.231. The van der Waals surface area contributed by atoms with Crippen LogP contribution in [-0.4, -0.2) is 38.0 Å². The van der Waals surface area contributed by atoms with Crippen molar-refractivity contribution < 1.29 is 9.59 Å². The average Bonchev–Trinajstić information content (AvgIpc) is 3.25. The Kier molecular flexibility index (Phi) is 4.66. The van der Waals surface area contributed by atoms with E-state index >= 15 is 0 Å². The monoisotopic (exact) mass is 315 g/mol. The van der Waals surface area contributed by atoms with Gasteiger partial charge in [0.15, 0.2) is 0 Å². The van der Waals surface area contributed by atoms with E-state index in [1.165, 1.54) is 0 Å². The summed E-state index contributed by atoms with van der Waals surface area (Å²) >= 11 is 0. The van der Waals surface area contributed by atoms with Crippen molar-refractivity contribution in [3.8, 4) is 0 Å². The maximum atomic E-state index is 12.2. The Morgan fingerprint density at radius 1 is 1.13 bits per heavy atom. The van der Waals surface area contributed by atoms with Gasteiger partial charge in [0.05, 0.1) is 0 Å². The Morgan fingerprint density at radius 2 is 1.78 bits per heavy atom. The number of amides is 2. The summed E-state index contributed by atoms with van der Waals surface area (Å²) in [5, 5.41) is 9.14. The lowest BCUT2D eigenvalue weighted by atomic mass is 9.92. The van der Waals surface area contributed by atoms with Crippen LogP contribution in [0.4, 0.5) is 0 Å². The first kappa shape index (κ1) is 16.0. The smallest absolute Gasteiger partial charge is 0.251 e. The Morgan fingerprint density at radius 3 is 2.48 bits per heavy atom. The minimum absolute atomic E-state index is 0.0968. The van der Waals surface area contributed by atoms with Crippen LogP contribution < -0.4 is 16.0 Å². The van der Waals surface area contributed by atoms with E-state index in [-0.39, 0.29) is 23.1 Å². The Balaban J connectivity index is 1.36. The van der Waals surface area contributed by atoms with E-state index in [9.17, 15) is 9.59 Å². The summed E-state index contributed by atoms with van der Waals surface area (Å²) < 4.78 is 0. The molecular formula is C18H25N3O2. The third-order valence-corrected chi connectivity index (χ3v) is 5.13. The maximum absolute atomic E-state index is 12.2. The minimum atomic E-state index is -0.0968. The van der Waals surface area contributed by atoms with Gasteiger partial charge in [0.1, 0.15) is 0 Å². The van der Waals surface area contributed by atoms with Crippen molar-refractivity contribution in [3.63, 3.8) is 0 Å². The van der Waals surface area contributed by atoms with E-state index in [1.807, 2.05) is 31.2 Å². The highest BCUT2D eigenvalue weighted by Gasteiger charge is 2.57. The van der Waals surface area contributed by atoms with Gasteiger partial charge >= 0.3 is 0 Å². The van der Waals surface area contributed by atoms with Crippen molar-refractivity contribution in [2.75, 3.05) is 26.2 Å². The van der Waals surface area contributed by atoms with Gasteiger partial charge in [-0.05, 0) is 56.8 Å². The number of hydrogen-bond acceptors (Lipinski definition) is 3. The average molecular weight is 315 g/mol. The number of carbonyl (C=O) groups excluding carboxylic acids is 2. The van der Waals surface area contributed by atoms with Crippen molar-refractivity contribution in [1.82, 2.24) is 16.0 Å². The van der Waals surface area contributed by atoms with Crippen LogP contribution in [0.2, 0.25) is 0 Å². The summed E-state index contributed by atoms with van der Waals surface area (Å²) in [7, 11) is 0. The molecule has 5 nitrogen and oxygen atoms in total. The molecule has 2 aliphatic rings. The molecular weight excluding hydrogens is 290 g/mol. The zero-order valence-corrected chi connectivity index (χ0v) is 13.7. The van der Waals surface area contributed by atoms with Gasteiger partial charge in [0.25, 0.3) is 5.91 Å². The van der Waals surface area contributed by atoms with Gasteiger partial charge in [0.2, 0.25) is 5.91 Å². The summed E-state index contributed by atoms with van der Waals surface area (Å²) in [6, 6.07) is 7.47. The molecule has 3 rings (SSSR count). The third-order valence-electron chi connectivity index (χ3n) is 5.13. The second kappa shape index (κ2) is 6.71. The number of hydrogen-bond donors (Lipinski definition) is 3. The summed E-state index contributed by atoms with van der Waals surface area (Å²) in [4.78, 5) is 24.1. The molecule has 0 aromatic heterocycles. The molecule has 1 spiro atoms. The van der Waals surface area contributed by atoms with Crippen LogP contribution in [0.1, 0.15) is 35.2 Å². The number of rotatable bonds is 5. The van der Waals surface area contributed by atoms with Crippen LogP contribution in [0, 0.1) is 18.3 Å². The SMILES string of the molecule is Cc1ccc(C(=O)NCCNC(=O)C2CC23CCNCC3)cc1. The quantitative estimate of drug-likeness (QED) is 0.716. The highest BCUT2D eigenvalue weighted by molar-refractivity contribution is 5.94. The molecule has 124 valence electrons. The number of aryl methyl sites for hydroxylation is 1. The second-order valence-corrected chi connectivity index (χ2v) is 6.78. The molecule has 3 N–H and O–H groups in total. The summed E-state index contributed by atoms with van der Waals surface area (Å²) in [6.07, 6.45) is 3.24. The van der Waals surface area contributed by atoms with E-state index in [1.54, 1.807) is 0 Å². The summed E-state index contributed by atoms with van der Waals surface area (Å²) in [5.41, 5.74) is 2.04. The van der Waals surface area contributed by atoms with Gasteiger partial charge in [-0.2, -0.15) is 0 Å². The fourth-order valence-corrected chi connectivity index (χ4v) is 3.49. The lowest BCUT2D eigenvalue weighted by Crippen LogP contribution is -2.37. The molecule has 1 aliphatic carbocycles. The predicted octanol–water partition coefficient (Wildman–Crippen LogP) is 1.23. The minimum Gasteiger partial charge on any atom is -0.354 e. The van der Waals surface area contributed by atoms with Gasteiger partial charge < -0.3 is 16.0 Å². The standard InChI is InChI=1S/C18H25N3O2/c1-13-2-4-14(5-3-13)16(22)20-10-11-21-17(23)15-12-18(15)6-8-19-9-7-18/h2-5,15,19H,6-12H2,1H3,(H,20,22)(H,21,23). The molecule has 1 saturated heterocycles. The van der Waals surface area contributed by atoms with E-state index in [2.05, 4.69) is 16.0 Å². The molecule has 23 heavy (non-hydrogen) atoms. The first-order valence-electron chi connectivity index (χ1n) is 8.44. The van der Waals surface area contributed by atoms with E-state index in [4.69, 9.17) is 0 Å². The lowest BCUT2D eigenvalue weighted by molar-refractivity contribution is -0.123. The number of carbonyl (C=O) groups is 2. The predicted molar refractivity (Wildman–Crippen MR) is 89.2 cm³/mol. The van der Waals surface area contributed by atoms with Crippen LogP contribution in [-0.2, 0) is 4.79 Å². The molecule has 1 heterocycles. The van der Waals surface area contributed by atoms with Gasteiger partial charge in [-0.3, -0.25) is 9.59 Å². The first-order valence-corrected chi connectivity index (χ1v) is 8.44. The van der Waals surface area contributed by atoms with Crippen molar-refractivity contribution in [1.29, 1.82) is 0 Å². The molecule has 1 aromatic carbocycles. The van der Waals surface area contributed by atoms with Crippen LogP contribution in [0.25, 0.3) is 0 Å². The Labute approximate surface area is 137 Å². The topological polar surface area (TPSA) is 70.2 Å². The van der Waals surface area contributed by atoms with Crippen molar-refractivity contribution in [3.05, 3.63) is 35.4 Å². The molecule has 1 saturated carbocycles. The molecule has 5 heteroatoms. The molecule has 0 radical (unpaired) electrons. The fourth-order valence-electron chi connectivity index (χ4n) is 3.49. The van der Waals surface area contributed by atoms with Crippen molar-refractivity contribution in [2.24, 2.45) is 11.3 Å². The van der Waals surface area contributed by atoms with Crippen LogP contribution in [0.15, 0.2) is 24.3 Å². The van der Waals surface area contributed by atoms with Crippen LogP contribution in [0.5, 0.6) is 0 Å². The molecule has 1 aliphatic heterocycles. The molecule has 1 unspecified atom stereocenters. The Bertz CT molecular complexity index is 576.